The number of rotatable bonds is 4. The fourth-order valence-corrected chi connectivity index (χ4v) is 3.45. The minimum Gasteiger partial charge on any atom is -0.326 e. The molecule has 20 heavy (non-hydrogen) atoms. The highest BCUT2D eigenvalue weighted by Crippen LogP contribution is 2.40. The van der Waals surface area contributed by atoms with Gasteiger partial charge < -0.3 is 8.97 Å². The molecule has 119 valence electrons. The zero-order chi connectivity index (χ0) is 16.0. The molecular formula is C16H36N3O+2. The van der Waals surface area contributed by atoms with Gasteiger partial charge in [-0.1, -0.05) is 0 Å². The van der Waals surface area contributed by atoms with Crippen molar-refractivity contribution in [1.82, 2.24) is 5.06 Å². The van der Waals surface area contributed by atoms with Crippen LogP contribution >= 0.6 is 0 Å². The van der Waals surface area contributed by atoms with E-state index in [4.69, 9.17) is 0 Å². The summed E-state index contributed by atoms with van der Waals surface area (Å²) in [5, 5.41) is 13.8. The number of hydroxylamine groups is 2. The summed E-state index contributed by atoms with van der Waals surface area (Å²) in [6, 6.07) is 0.553. The first-order valence-electron chi connectivity index (χ1n) is 7.78. The first-order valence-corrected chi connectivity index (χ1v) is 7.78. The molecule has 1 heterocycles. The summed E-state index contributed by atoms with van der Waals surface area (Å²) in [5.41, 5.74) is -0.531. The zero-order valence-corrected chi connectivity index (χ0v) is 15.2. The molecule has 1 fully saturated rings. The third-order valence-corrected chi connectivity index (χ3v) is 4.91. The predicted octanol–water partition coefficient (Wildman–Crippen LogP) is 2.14. The smallest absolute Gasteiger partial charge is 0.128 e. The average molecular weight is 286 g/mol. The molecule has 0 aromatic rings. The van der Waals surface area contributed by atoms with Gasteiger partial charge >= 0.3 is 0 Å². The first kappa shape index (κ1) is 17.9. The van der Waals surface area contributed by atoms with Gasteiger partial charge in [0.05, 0.1) is 41.3 Å². The first-order chi connectivity index (χ1) is 8.67. The fraction of sp³-hybridized carbons (Fsp3) is 1.00. The van der Waals surface area contributed by atoms with E-state index < -0.39 is 0 Å². The second-order valence-corrected chi connectivity index (χ2v) is 9.50. The van der Waals surface area contributed by atoms with Crippen LogP contribution in [0.2, 0.25) is 0 Å². The average Bonchev–Trinajstić information content (AvgIpc) is 2.21. The van der Waals surface area contributed by atoms with Gasteiger partial charge in [0.15, 0.2) is 0 Å². The monoisotopic (exact) mass is 286 g/mol. The van der Waals surface area contributed by atoms with Crippen molar-refractivity contribution in [3.05, 3.63) is 0 Å². The van der Waals surface area contributed by atoms with Crippen LogP contribution in [0, 0.1) is 0 Å². The van der Waals surface area contributed by atoms with Gasteiger partial charge in [-0.25, -0.2) is 0 Å². The minimum atomic E-state index is -0.265. The van der Waals surface area contributed by atoms with Gasteiger partial charge in [0.25, 0.3) is 0 Å². The molecule has 1 rings (SSSR count). The van der Waals surface area contributed by atoms with Crippen molar-refractivity contribution in [3.63, 3.8) is 0 Å². The number of hydrogen-bond acceptors (Lipinski definition) is 1. The molecule has 0 unspecified atom stereocenters. The van der Waals surface area contributed by atoms with E-state index in [0.717, 1.165) is 34.9 Å². The van der Waals surface area contributed by atoms with Crippen LogP contribution in [0.1, 0.15) is 40.5 Å². The van der Waals surface area contributed by atoms with Crippen molar-refractivity contribution in [1.29, 1.82) is 0 Å². The molecule has 0 amide bonds. The molecule has 0 spiro atoms. The summed E-state index contributed by atoms with van der Waals surface area (Å²) in [6.07, 6.45) is 1.95. The summed E-state index contributed by atoms with van der Waals surface area (Å²) in [4.78, 5) is 0. The van der Waals surface area contributed by atoms with Crippen molar-refractivity contribution in [2.75, 3.05) is 48.3 Å². The standard InChI is InChI=1S/C16H36N3O/c1-15(2)12-14(13-16(3,4)17(15)20)19(8,9)11-10-18(5,6)7/h14H,10-13H2,1-9H3/q+2. The van der Waals surface area contributed by atoms with Gasteiger partial charge in [-0.2, -0.15) is 0 Å². The van der Waals surface area contributed by atoms with Crippen LogP contribution in [0.3, 0.4) is 0 Å². The van der Waals surface area contributed by atoms with Gasteiger partial charge in [-0.3, -0.25) is 0 Å². The van der Waals surface area contributed by atoms with Crippen LogP contribution in [0.4, 0.5) is 0 Å². The van der Waals surface area contributed by atoms with Crippen molar-refractivity contribution in [2.24, 2.45) is 0 Å². The number of nitrogens with zero attached hydrogens (tertiary/aromatic N) is 3. The normalized spacial score (nSPS) is 24.9. The number of piperidine rings is 1. The largest absolute Gasteiger partial charge is 0.326 e. The van der Waals surface area contributed by atoms with Crippen LogP contribution in [-0.4, -0.2) is 79.5 Å². The molecule has 0 saturated carbocycles. The minimum absolute atomic E-state index is 0.265. The lowest BCUT2D eigenvalue weighted by molar-refractivity contribution is -0.954. The van der Waals surface area contributed by atoms with E-state index in [1.165, 1.54) is 5.06 Å². The Kier molecular flexibility index (Phi) is 4.68. The summed E-state index contributed by atoms with van der Waals surface area (Å²) >= 11 is 0. The highest BCUT2D eigenvalue weighted by molar-refractivity contribution is 4.96. The maximum atomic E-state index is 12.5. The van der Waals surface area contributed by atoms with Crippen molar-refractivity contribution >= 4 is 0 Å². The fourth-order valence-electron chi connectivity index (χ4n) is 3.45. The molecule has 1 radical (unpaired) electrons. The van der Waals surface area contributed by atoms with E-state index in [9.17, 15) is 5.21 Å². The van der Waals surface area contributed by atoms with Crippen molar-refractivity contribution in [3.8, 4) is 0 Å². The van der Waals surface area contributed by atoms with Gasteiger partial charge in [-0.15, -0.1) is 10.3 Å². The SMILES string of the molecule is CC1(C)CC([N+](C)(C)CC[N+](C)(C)C)CC(C)(C)N1[O]. The summed E-state index contributed by atoms with van der Waals surface area (Å²) < 4.78 is 2.01. The molecule has 0 aromatic carbocycles. The maximum Gasteiger partial charge on any atom is 0.128 e. The highest BCUT2D eigenvalue weighted by atomic mass is 16.5. The van der Waals surface area contributed by atoms with Gasteiger partial charge in [-0.05, 0) is 27.7 Å². The van der Waals surface area contributed by atoms with Crippen molar-refractivity contribution in [2.45, 2.75) is 57.7 Å². The van der Waals surface area contributed by atoms with E-state index in [1.807, 2.05) is 0 Å². The number of hydrogen-bond donors (Lipinski definition) is 0. The molecule has 4 nitrogen and oxygen atoms in total. The second-order valence-electron chi connectivity index (χ2n) is 9.50. The molecule has 0 aliphatic carbocycles. The van der Waals surface area contributed by atoms with Gasteiger partial charge in [0.1, 0.15) is 13.1 Å². The highest BCUT2D eigenvalue weighted by Gasteiger charge is 2.50. The Morgan fingerprint density at radius 3 is 1.65 bits per heavy atom. The third kappa shape index (κ3) is 4.17. The number of likely N-dealkylation sites (N-methyl/N-ethyl adjacent to an activating group) is 2. The van der Waals surface area contributed by atoms with Gasteiger partial charge in [0, 0.05) is 23.9 Å². The van der Waals surface area contributed by atoms with Crippen LogP contribution in [0.5, 0.6) is 0 Å². The Labute approximate surface area is 126 Å². The molecule has 1 aliphatic rings. The van der Waals surface area contributed by atoms with Crippen LogP contribution < -0.4 is 0 Å². The Morgan fingerprint density at radius 1 is 0.900 bits per heavy atom. The van der Waals surface area contributed by atoms with Crippen LogP contribution in [-0.2, 0) is 5.21 Å². The second kappa shape index (κ2) is 5.24. The molecule has 1 aliphatic heterocycles. The maximum absolute atomic E-state index is 12.5. The Bertz CT molecular complexity index is 324. The molecule has 1 saturated heterocycles. The Morgan fingerprint density at radius 2 is 1.30 bits per heavy atom. The van der Waals surface area contributed by atoms with Gasteiger partial charge in [0.2, 0.25) is 0 Å². The summed E-state index contributed by atoms with van der Waals surface area (Å²) in [5.74, 6) is 0. The summed E-state index contributed by atoms with van der Waals surface area (Å²) in [7, 11) is 11.4. The van der Waals surface area contributed by atoms with E-state index in [-0.39, 0.29) is 11.1 Å². The molecular weight excluding hydrogens is 250 g/mol. The third-order valence-electron chi connectivity index (χ3n) is 4.91. The lowest BCUT2D eigenvalue weighted by Crippen LogP contribution is -2.66. The predicted molar refractivity (Wildman–Crippen MR) is 83.6 cm³/mol. The molecule has 4 heteroatoms. The Balaban J connectivity index is 2.85. The summed E-state index contributed by atoms with van der Waals surface area (Å²) in [6.45, 7) is 10.7. The lowest BCUT2D eigenvalue weighted by Gasteiger charge is -2.53. The van der Waals surface area contributed by atoms with E-state index in [1.54, 1.807) is 0 Å². The topological polar surface area (TPSA) is 23.1 Å². The van der Waals surface area contributed by atoms with E-state index in [0.29, 0.717) is 6.04 Å². The molecule has 0 aromatic heterocycles. The lowest BCUT2D eigenvalue weighted by atomic mass is 9.77. The number of quaternary nitrogens is 2. The van der Waals surface area contributed by atoms with E-state index in [2.05, 4.69) is 62.9 Å². The van der Waals surface area contributed by atoms with E-state index >= 15 is 0 Å². The quantitative estimate of drug-likeness (QED) is 0.726. The molecule has 0 bridgehead atoms. The molecule has 0 atom stereocenters. The Hall–Kier alpha value is -0.160. The van der Waals surface area contributed by atoms with Crippen LogP contribution in [0.25, 0.3) is 0 Å². The molecule has 0 N–H and O–H groups in total. The zero-order valence-electron chi connectivity index (χ0n) is 15.2. The van der Waals surface area contributed by atoms with Crippen LogP contribution in [0.15, 0.2) is 0 Å². The van der Waals surface area contributed by atoms with Crippen molar-refractivity contribution < 1.29 is 14.2 Å².